The fourth-order valence-corrected chi connectivity index (χ4v) is 7.10. The maximum atomic E-state index is 11.8. The minimum atomic E-state index is -0.293. The highest BCUT2D eigenvalue weighted by molar-refractivity contribution is 5.93. The van der Waals surface area contributed by atoms with Gasteiger partial charge in [0.15, 0.2) is 0 Å². The highest BCUT2D eigenvalue weighted by Crippen LogP contribution is 2.57. The predicted molar refractivity (Wildman–Crippen MR) is 106 cm³/mol. The molecule has 1 aromatic rings. The second-order valence-electron chi connectivity index (χ2n) is 9.79. The number of likely N-dealkylation sites (N-methyl/N-ethyl adjacent to an activating group) is 1. The molecule has 1 aromatic carbocycles. The number of nitrogens with zero attached hydrogens (tertiary/aromatic N) is 1. The summed E-state index contributed by atoms with van der Waals surface area (Å²) in [6, 6.07) is 7.00. The second-order valence-corrected chi connectivity index (χ2v) is 9.79. The van der Waals surface area contributed by atoms with Crippen molar-refractivity contribution >= 4 is 5.91 Å². The summed E-state index contributed by atoms with van der Waals surface area (Å²) in [6.07, 6.45) is 10.6. The van der Waals surface area contributed by atoms with Crippen LogP contribution in [0.15, 0.2) is 18.2 Å². The molecule has 4 aliphatic rings. The van der Waals surface area contributed by atoms with E-state index in [-0.39, 0.29) is 23.7 Å². The number of hydrogen-bond acceptors (Lipinski definition) is 2. The first kappa shape index (κ1) is 20.2. The molecule has 0 radical (unpaired) electrons. The van der Waals surface area contributed by atoms with E-state index >= 15 is 0 Å². The van der Waals surface area contributed by atoms with Crippen molar-refractivity contribution in [2.45, 2.75) is 68.9 Å². The fourth-order valence-electron chi connectivity index (χ4n) is 7.10. The van der Waals surface area contributed by atoms with Crippen molar-refractivity contribution in [3.63, 3.8) is 0 Å². The van der Waals surface area contributed by atoms with Crippen molar-refractivity contribution in [3.05, 3.63) is 34.9 Å². The summed E-state index contributed by atoms with van der Waals surface area (Å²) in [7, 11) is 2.49. The van der Waals surface area contributed by atoms with Crippen LogP contribution in [0.3, 0.4) is 0 Å². The highest BCUT2D eigenvalue weighted by Gasteiger charge is 2.59. The molecule has 5 atom stereocenters. The molecule has 0 aromatic heterocycles. The third kappa shape index (κ3) is 3.00. The largest absolute Gasteiger partial charge is 1.00 e. The summed E-state index contributed by atoms with van der Waals surface area (Å²) < 4.78 is 7.21. The van der Waals surface area contributed by atoms with Gasteiger partial charge in [0.1, 0.15) is 12.6 Å². The van der Waals surface area contributed by atoms with Crippen LogP contribution in [-0.4, -0.2) is 49.3 Å². The number of rotatable bonds is 3. The van der Waals surface area contributed by atoms with Gasteiger partial charge in [0.25, 0.3) is 0 Å². The number of likely N-dealkylation sites (tertiary alicyclic amines) is 1. The SMILES string of the molecule is C[N@@+]1(C[C@@H]2CCCO2)CCC23CCCCC2C1Cc1ccc(C(N)=O)cc13.[Cl-]. The molecule has 2 saturated heterocycles. The normalized spacial score (nSPS) is 38.8. The number of amides is 1. The average Bonchev–Trinajstić information content (AvgIpc) is 3.17. The monoisotopic (exact) mass is 404 g/mol. The van der Waals surface area contributed by atoms with Gasteiger partial charge in [-0.3, -0.25) is 4.79 Å². The topological polar surface area (TPSA) is 52.3 Å². The smallest absolute Gasteiger partial charge is 0.248 e. The Bertz CT molecular complexity index is 763. The number of piperidine rings is 1. The van der Waals surface area contributed by atoms with Crippen LogP contribution in [0.1, 0.15) is 66.4 Å². The fraction of sp³-hybridized carbons (Fsp3) is 0.696. The summed E-state index contributed by atoms with van der Waals surface area (Å²) in [5, 5.41) is 0. The highest BCUT2D eigenvalue weighted by atomic mass is 35.5. The van der Waals surface area contributed by atoms with Crippen LogP contribution < -0.4 is 18.1 Å². The van der Waals surface area contributed by atoms with Gasteiger partial charge in [0, 0.05) is 36.3 Å². The number of carbonyl (C=O) groups is 1. The summed E-state index contributed by atoms with van der Waals surface area (Å²) in [5.41, 5.74) is 9.51. The third-order valence-electron chi connectivity index (χ3n) is 8.44. The molecule has 3 fully saturated rings. The Kier molecular flexibility index (Phi) is 5.26. The Morgan fingerprint density at radius 2 is 2.11 bits per heavy atom. The van der Waals surface area contributed by atoms with Gasteiger partial charge in [-0.2, -0.15) is 0 Å². The molecule has 5 heteroatoms. The summed E-state index contributed by atoms with van der Waals surface area (Å²) in [5.74, 6) is 0.445. The van der Waals surface area contributed by atoms with E-state index in [2.05, 4.69) is 19.2 Å². The molecular formula is C23H33ClN2O2. The first-order valence-corrected chi connectivity index (χ1v) is 10.9. The number of fused-ring (bicyclic) bond motifs is 1. The van der Waals surface area contributed by atoms with Crippen molar-refractivity contribution in [1.82, 2.24) is 0 Å². The quantitative estimate of drug-likeness (QED) is 0.730. The maximum Gasteiger partial charge on any atom is 0.248 e. The summed E-state index contributed by atoms with van der Waals surface area (Å²) in [6.45, 7) is 3.36. The van der Waals surface area contributed by atoms with E-state index in [1.807, 2.05) is 6.07 Å². The number of hydrogen-bond donors (Lipinski definition) is 1. The zero-order valence-electron chi connectivity index (χ0n) is 17.0. The molecule has 5 rings (SSSR count). The van der Waals surface area contributed by atoms with E-state index in [0.717, 1.165) is 18.9 Å². The number of benzene rings is 1. The standard InChI is InChI=1S/C23H32N2O2.ClH/c1-25(15-18-5-4-12-27-18)11-10-23-9-3-2-6-19(23)21(25)14-16-7-8-17(22(24)26)13-20(16)23;/h7-8,13,18-19,21H,2-6,9-12,14-15H2,1H3,(H-,24,26);1H/t18-,19?,21?,23?,25-;/m0./s1. The number of nitrogens with two attached hydrogens (primary N) is 1. The zero-order valence-corrected chi connectivity index (χ0v) is 17.7. The zero-order chi connectivity index (χ0) is 18.6. The van der Waals surface area contributed by atoms with Gasteiger partial charge >= 0.3 is 0 Å². The Labute approximate surface area is 174 Å². The van der Waals surface area contributed by atoms with Gasteiger partial charge in [0.05, 0.1) is 19.6 Å². The van der Waals surface area contributed by atoms with E-state index in [9.17, 15) is 4.79 Å². The van der Waals surface area contributed by atoms with E-state index < -0.39 is 0 Å². The van der Waals surface area contributed by atoms with Gasteiger partial charge in [-0.15, -0.1) is 0 Å². The number of primary amides is 1. The van der Waals surface area contributed by atoms with E-state index in [1.54, 1.807) is 0 Å². The van der Waals surface area contributed by atoms with Gasteiger partial charge in [-0.05, 0) is 48.9 Å². The van der Waals surface area contributed by atoms with Gasteiger partial charge < -0.3 is 27.4 Å². The molecule has 28 heavy (non-hydrogen) atoms. The molecule has 0 spiro atoms. The van der Waals surface area contributed by atoms with Crippen LogP contribution in [0.25, 0.3) is 0 Å². The van der Waals surface area contributed by atoms with Crippen molar-refractivity contribution in [2.75, 3.05) is 26.7 Å². The first-order chi connectivity index (χ1) is 13.0. The van der Waals surface area contributed by atoms with Gasteiger partial charge in [-0.1, -0.05) is 18.9 Å². The lowest BCUT2D eigenvalue weighted by molar-refractivity contribution is -0.947. The molecule has 154 valence electrons. The summed E-state index contributed by atoms with van der Waals surface area (Å²) >= 11 is 0. The second kappa shape index (κ2) is 7.30. The Balaban J connectivity index is 0.00000192. The van der Waals surface area contributed by atoms with Crippen molar-refractivity contribution < 1.29 is 26.4 Å². The molecule has 2 heterocycles. The van der Waals surface area contributed by atoms with Crippen LogP contribution in [0.2, 0.25) is 0 Å². The number of ether oxygens (including phenoxy) is 1. The maximum absolute atomic E-state index is 11.8. The molecule has 2 bridgehead atoms. The van der Waals surface area contributed by atoms with Crippen LogP contribution in [0.5, 0.6) is 0 Å². The van der Waals surface area contributed by atoms with E-state index in [0.29, 0.717) is 17.7 Å². The van der Waals surface area contributed by atoms with Crippen LogP contribution in [0, 0.1) is 5.92 Å². The number of halogens is 1. The van der Waals surface area contributed by atoms with Crippen LogP contribution in [0.4, 0.5) is 0 Å². The van der Waals surface area contributed by atoms with Crippen molar-refractivity contribution in [2.24, 2.45) is 11.7 Å². The van der Waals surface area contributed by atoms with Gasteiger partial charge in [-0.25, -0.2) is 0 Å². The van der Waals surface area contributed by atoms with Crippen LogP contribution in [-0.2, 0) is 16.6 Å². The molecular weight excluding hydrogens is 372 g/mol. The molecule has 2 aliphatic heterocycles. The average molecular weight is 405 g/mol. The van der Waals surface area contributed by atoms with E-state index in [1.165, 1.54) is 73.6 Å². The molecule has 4 nitrogen and oxygen atoms in total. The lowest BCUT2D eigenvalue weighted by Gasteiger charge is -2.61. The lowest BCUT2D eigenvalue weighted by atomic mass is 9.51. The molecule has 2 N–H and O–H groups in total. The minimum Gasteiger partial charge on any atom is -1.00 e. The van der Waals surface area contributed by atoms with E-state index in [4.69, 9.17) is 10.5 Å². The Morgan fingerprint density at radius 1 is 1.25 bits per heavy atom. The molecule has 1 amide bonds. The first-order valence-electron chi connectivity index (χ1n) is 10.9. The minimum absolute atomic E-state index is 0. The van der Waals surface area contributed by atoms with Crippen molar-refractivity contribution in [1.29, 1.82) is 0 Å². The predicted octanol–water partition coefficient (Wildman–Crippen LogP) is 0.172. The molecule has 2 aliphatic carbocycles. The Morgan fingerprint density at radius 3 is 2.86 bits per heavy atom. The molecule has 1 saturated carbocycles. The number of quaternary nitrogens is 1. The lowest BCUT2D eigenvalue weighted by Crippen LogP contribution is -3.00. The third-order valence-corrected chi connectivity index (χ3v) is 8.44. The Hall–Kier alpha value is -1.10. The van der Waals surface area contributed by atoms with Crippen LogP contribution >= 0.6 is 0 Å². The molecule has 3 unspecified atom stereocenters. The number of carbonyl (C=O) groups excluding carboxylic acids is 1. The van der Waals surface area contributed by atoms with Crippen molar-refractivity contribution in [3.8, 4) is 0 Å². The van der Waals surface area contributed by atoms with Gasteiger partial charge in [0.2, 0.25) is 5.91 Å². The summed E-state index contributed by atoms with van der Waals surface area (Å²) in [4.78, 5) is 11.8.